The van der Waals surface area contributed by atoms with E-state index in [0.717, 1.165) is 0 Å². The first kappa shape index (κ1) is 13.7. The zero-order valence-corrected chi connectivity index (χ0v) is 11.8. The molecule has 1 unspecified atom stereocenters. The fourth-order valence-electron chi connectivity index (χ4n) is 2.25. The number of carbonyl (C=O) groups is 1. The summed E-state index contributed by atoms with van der Waals surface area (Å²) in [4.78, 5) is 14.2. The number of carbonyl (C=O) groups excluding carboxylic acids is 1. The molecule has 0 radical (unpaired) electrons. The van der Waals surface area contributed by atoms with Crippen molar-refractivity contribution >= 4 is 11.6 Å². The molecule has 0 bridgehead atoms. The third-order valence-electron chi connectivity index (χ3n) is 3.79. The summed E-state index contributed by atoms with van der Waals surface area (Å²) in [6, 6.07) is 5.53. The molecule has 4 nitrogen and oxygen atoms in total. The molecular weight excluding hydrogens is 240 g/mol. The van der Waals surface area contributed by atoms with Gasteiger partial charge in [0.25, 0.3) is 5.91 Å². The van der Waals surface area contributed by atoms with E-state index in [-0.39, 0.29) is 5.91 Å². The summed E-state index contributed by atoms with van der Waals surface area (Å²) < 4.78 is 5.38. The van der Waals surface area contributed by atoms with Crippen LogP contribution >= 0.6 is 0 Å². The third kappa shape index (κ3) is 3.00. The molecule has 1 fully saturated rings. The Morgan fingerprint density at radius 1 is 1.53 bits per heavy atom. The molecule has 1 amide bonds. The Bertz CT molecular complexity index is 469. The lowest BCUT2D eigenvalue weighted by Gasteiger charge is -2.25. The first-order valence-electron chi connectivity index (χ1n) is 6.84. The van der Waals surface area contributed by atoms with Crippen LogP contribution in [0.5, 0.6) is 5.75 Å². The van der Waals surface area contributed by atoms with Gasteiger partial charge in [0.15, 0.2) is 0 Å². The van der Waals surface area contributed by atoms with Gasteiger partial charge in [-0.25, -0.2) is 0 Å². The lowest BCUT2D eigenvalue weighted by molar-refractivity contribution is 0.0727. The molecule has 2 rings (SSSR count). The second kappa shape index (κ2) is 5.51. The van der Waals surface area contributed by atoms with Crippen LogP contribution in [0.2, 0.25) is 0 Å². The van der Waals surface area contributed by atoms with Gasteiger partial charge in [-0.3, -0.25) is 4.79 Å². The average Bonchev–Trinajstić information content (AvgIpc) is 3.23. The molecule has 0 aliphatic heterocycles. The van der Waals surface area contributed by atoms with Crippen molar-refractivity contribution in [2.24, 2.45) is 5.92 Å². The van der Waals surface area contributed by atoms with Crippen LogP contribution in [0, 0.1) is 5.92 Å². The van der Waals surface area contributed by atoms with Crippen molar-refractivity contribution in [2.75, 3.05) is 19.4 Å². The van der Waals surface area contributed by atoms with Crippen LogP contribution < -0.4 is 10.5 Å². The number of nitrogen functional groups attached to an aromatic ring is 1. The lowest BCUT2D eigenvalue weighted by atomic mass is 10.1. The van der Waals surface area contributed by atoms with Gasteiger partial charge < -0.3 is 15.4 Å². The monoisotopic (exact) mass is 262 g/mol. The third-order valence-corrected chi connectivity index (χ3v) is 3.79. The Hall–Kier alpha value is -1.71. The first-order chi connectivity index (χ1) is 9.04. The van der Waals surface area contributed by atoms with Crippen molar-refractivity contribution in [3.05, 3.63) is 23.8 Å². The SMILES string of the molecule is CCOc1ccc(C(=O)N(C)C(C)C2CC2)cc1N. The van der Waals surface area contributed by atoms with Crippen LogP contribution in [0.25, 0.3) is 0 Å². The maximum absolute atomic E-state index is 12.4. The number of hydrogen-bond donors (Lipinski definition) is 1. The molecular formula is C15H22N2O2. The van der Waals surface area contributed by atoms with E-state index in [0.29, 0.717) is 35.6 Å². The minimum absolute atomic E-state index is 0.0224. The van der Waals surface area contributed by atoms with Gasteiger partial charge in [-0.05, 0) is 50.8 Å². The summed E-state index contributed by atoms with van der Waals surface area (Å²) in [5.41, 5.74) is 7.03. The number of nitrogens with two attached hydrogens (primary N) is 1. The number of hydrogen-bond acceptors (Lipinski definition) is 3. The highest BCUT2D eigenvalue weighted by atomic mass is 16.5. The van der Waals surface area contributed by atoms with E-state index in [9.17, 15) is 4.79 Å². The van der Waals surface area contributed by atoms with Crippen molar-refractivity contribution in [3.8, 4) is 5.75 Å². The highest BCUT2D eigenvalue weighted by Crippen LogP contribution is 2.35. The molecule has 0 spiro atoms. The highest BCUT2D eigenvalue weighted by Gasteiger charge is 2.32. The Labute approximate surface area is 114 Å². The smallest absolute Gasteiger partial charge is 0.253 e. The van der Waals surface area contributed by atoms with Gasteiger partial charge in [-0.1, -0.05) is 0 Å². The van der Waals surface area contributed by atoms with E-state index < -0.39 is 0 Å². The Morgan fingerprint density at radius 3 is 2.74 bits per heavy atom. The molecule has 0 heterocycles. The molecule has 1 aliphatic carbocycles. The van der Waals surface area contributed by atoms with Gasteiger partial charge in [0.2, 0.25) is 0 Å². The highest BCUT2D eigenvalue weighted by molar-refractivity contribution is 5.95. The summed E-state index contributed by atoms with van der Waals surface area (Å²) in [6.07, 6.45) is 2.45. The molecule has 1 aromatic carbocycles. The van der Waals surface area contributed by atoms with Gasteiger partial charge in [-0.15, -0.1) is 0 Å². The van der Waals surface area contributed by atoms with E-state index in [1.807, 2.05) is 18.9 Å². The van der Waals surface area contributed by atoms with E-state index in [2.05, 4.69) is 6.92 Å². The van der Waals surface area contributed by atoms with E-state index >= 15 is 0 Å². The van der Waals surface area contributed by atoms with Crippen molar-refractivity contribution in [2.45, 2.75) is 32.7 Å². The molecule has 1 aromatic rings. The second-order valence-electron chi connectivity index (χ2n) is 5.18. The fraction of sp³-hybridized carbons (Fsp3) is 0.533. The van der Waals surface area contributed by atoms with Crippen LogP contribution in [0.15, 0.2) is 18.2 Å². The summed E-state index contributed by atoms with van der Waals surface area (Å²) >= 11 is 0. The Kier molecular flexibility index (Phi) is 3.98. The number of anilines is 1. The minimum Gasteiger partial charge on any atom is -0.492 e. The molecule has 104 valence electrons. The van der Waals surface area contributed by atoms with Gasteiger partial charge in [-0.2, -0.15) is 0 Å². The summed E-state index contributed by atoms with van der Waals surface area (Å²) in [5, 5.41) is 0. The number of nitrogens with zero attached hydrogens (tertiary/aromatic N) is 1. The summed E-state index contributed by atoms with van der Waals surface area (Å²) in [7, 11) is 1.86. The largest absolute Gasteiger partial charge is 0.492 e. The molecule has 1 saturated carbocycles. The zero-order chi connectivity index (χ0) is 14.0. The molecule has 0 saturated heterocycles. The lowest BCUT2D eigenvalue weighted by Crippen LogP contribution is -2.36. The Balaban J connectivity index is 2.12. The summed E-state index contributed by atoms with van der Waals surface area (Å²) in [6.45, 7) is 4.58. The standard InChI is InChI=1S/C15H22N2O2/c1-4-19-14-8-7-12(9-13(14)16)15(18)17(3)10(2)11-5-6-11/h7-11H,4-6,16H2,1-3H3. The molecule has 2 N–H and O–H groups in total. The quantitative estimate of drug-likeness (QED) is 0.830. The van der Waals surface area contributed by atoms with E-state index in [1.54, 1.807) is 18.2 Å². The van der Waals surface area contributed by atoms with Gasteiger partial charge in [0.05, 0.1) is 12.3 Å². The second-order valence-corrected chi connectivity index (χ2v) is 5.18. The predicted molar refractivity (Wildman–Crippen MR) is 76.3 cm³/mol. The number of ether oxygens (including phenoxy) is 1. The fourth-order valence-corrected chi connectivity index (χ4v) is 2.25. The van der Waals surface area contributed by atoms with Gasteiger partial charge >= 0.3 is 0 Å². The molecule has 1 aliphatic rings. The Morgan fingerprint density at radius 2 is 2.21 bits per heavy atom. The van der Waals surface area contributed by atoms with Gasteiger partial charge in [0, 0.05) is 18.7 Å². The normalized spacial score (nSPS) is 15.9. The van der Waals surface area contributed by atoms with E-state index in [4.69, 9.17) is 10.5 Å². The predicted octanol–water partition coefficient (Wildman–Crippen LogP) is 2.54. The van der Waals surface area contributed by atoms with Crippen molar-refractivity contribution in [1.82, 2.24) is 4.90 Å². The maximum Gasteiger partial charge on any atom is 0.253 e. The maximum atomic E-state index is 12.4. The average molecular weight is 262 g/mol. The van der Waals surface area contributed by atoms with E-state index in [1.165, 1.54) is 12.8 Å². The van der Waals surface area contributed by atoms with Crippen LogP contribution in [0.1, 0.15) is 37.0 Å². The van der Waals surface area contributed by atoms with Crippen LogP contribution in [0.3, 0.4) is 0 Å². The molecule has 4 heteroatoms. The van der Waals surface area contributed by atoms with Crippen LogP contribution in [-0.4, -0.2) is 30.5 Å². The van der Waals surface area contributed by atoms with Crippen molar-refractivity contribution < 1.29 is 9.53 Å². The van der Waals surface area contributed by atoms with Gasteiger partial charge in [0.1, 0.15) is 5.75 Å². The number of amides is 1. The first-order valence-corrected chi connectivity index (χ1v) is 6.84. The number of benzene rings is 1. The molecule has 19 heavy (non-hydrogen) atoms. The topological polar surface area (TPSA) is 55.6 Å². The van der Waals surface area contributed by atoms with Crippen LogP contribution in [0.4, 0.5) is 5.69 Å². The van der Waals surface area contributed by atoms with Crippen molar-refractivity contribution in [1.29, 1.82) is 0 Å². The van der Waals surface area contributed by atoms with Crippen LogP contribution in [-0.2, 0) is 0 Å². The zero-order valence-electron chi connectivity index (χ0n) is 11.8. The molecule has 0 aromatic heterocycles. The summed E-state index contributed by atoms with van der Waals surface area (Å²) in [5.74, 6) is 1.32. The number of rotatable bonds is 5. The van der Waals surface area contributed by atoms with Crippen molar-refractivity contribution in [3.63, 3.8) is 0 Å². The molecule has 1 atom stereocenters. The minimum atomic E-state index is 0.0224.